The Kier molecular flexibility index (Phi) is 5.80. The minimum atomic E-state index is -0.104. The molecule has 1 saturated heterocycles. The van der Waals surface area contributed by atoms with Crippen LogP contribution in [0.1, 0.15) is 56.9 Å². The summed E-state index contributed by atoms with van der Waals surface area (Å²) in [6.07, 6.45) is 4.29. The number of carbonyl (C=O) groups is 1. The topological polar surface area (TPSA) is 44.7 Å². The Morgan fingerprint density at radius 2 is 1.81 bits per heavy atom. The Hall–Kier alpha value is -2.79. The first kappa shape index (κ1) is 22.4. The standard InChI is InChI=1S/C27H31N3OS/c1-16(2)30-23-11-9-20(13-22(23)19(5)15-27(30,6)7)14-24-25(31)29-26(32-24)28-21-10-8-17(3)18(4)12-21/h8-16H,1-7H3,(H,28,29,31)/b24-14-. The van der Waals surface area contributed by atoms with Crippen molar-refractivity contribution in [3.05, 3.63) is 69.6 Å². The third kappa shape index (κ3) is 4.26. The molecule has 2 aliphatic rings. The maximum atomic E-state index is 12.6. The summed E-state index contributed by atoms with van der Waals surface area (Å²) in [7, 11) is 0. The first-order valence-electron chi connectivity index (χ1n) is 11.1. The molecule has 4 rings (SSSR count). The van der Waals surface area contributed by atoms with Crippen molar-refractivity contribution in [3.8, 4) is 0 Å². The minimum absolute atomic E-state index is 0.0356. The highest BCUT2D eigenvalue weighted by Gasteiger charge is 2.33. The fraction of sp³-hybridized carbons (Fsp3) is 0.333. The number of aliphatic imine (C=N–C) groups is 1. The van der Waals surface area contributed by atoms with E-state index in [4.69, 9.17) is 0 Å². The highest BCUT2D eigenvalue weighted by molar-refractivity contribution is 8.18. The van der Waals surface area contributed by atoms with Crippen LogP contribution in [0.2, 0.25) is 0 Å². The van der Waals surface area contributed by atoms with Gasteiger partial charge in [-0.3, -0.25) is 4.79 Å². The number of anilines is 1. The zero-order chi connectivity index (χ0) is 23.2. The fourth-order valence-electron chi connectivity index (χ4n) is 4.64. The number of amidine groups is 1. The average molecular weight is 446 g/mol. The van der Waals surface area contributed by atoms with Gasteiger partial charge in [-0.25, -0.2) is 4.99 Å². The van der Waals surface area contributed by atoms with E-state index in [1.54, 1.807) is 0 Å². The lowest BCUT2D eigenvalue weighted by atomic mass is 9.87. The molecule has 5 heteroatoms. The summed E-state index contributed by atoms with van der Waals surface area (Å²) >= 11 is 1.39. The van der Waals surface area contributed by atoms with Gasteiger partial charge in [-0.15, -0.1) is 0 Å². The van der Waals surface area contributed by atoms with Crippen LogP contribution in [0, 0.1) is 13.8 Å². The number of amides is 1. The summed E-state index contributed by atoms with van der Waals surface area (Å²) < 4.78 is 0. The molecular weight excluding hydrogens is 414 g/mol. The maximum absolute atomic E-state index is 12.6. The second kappa shape index (κ2) is 8.28. The van der Waals surface area contributed by atoms with E-state index in [1.807, 2.05) is 18.2 Å². The van der Waals surface area contributed by atoms with Crippen LogP contribution in [0.4, 0.5) is 11.4 Å². The summed E-state index contributed by atoms with van der Waals surface area (Å²) in [5.41, 5.74) is 7.98. The van der Waals surface area contributed by atoms with Crippen LogP contribution >= 0.6 is 11.8 Å². The summed E-state index contributed by atoms with van der Waals surface area (Å²) in [6, 6.07) is 12.9. The van der Waals surface area contributed by atoms with Crippen molar-refractivity contribution in [2.24, 2.45) is 4.99 Å². The first-order chi connectivity index (χ1) is 15.0. The lowest BCUT2D eigenvalue weighted by Crippen LogP contribution is -2.49. The smallest absolute Gasteiger partial charge is 0.264 e. The molecule has 4 nitrogen and oxygen atoms in total. The van der Waals surface area contributed by atoms with Gasteiger partial charge >= 0.3 is 0 Å². The number of nitrogens with zero attached hydrogens (tertiary/aromatic N) is 2. The van der Waals surface area contributed by atoms with Crippen molar-refractivity contribution >= 4 is 45.9 Å². The van der Waals surface area contributed by atoms with Crippen LogP contribution in [0.3, 0.4) is 0 Å². The molecule has 2 aromatic rings. The van der Waals surface area contributed by atoms with Gasteiger partial charge in [-0.05, 0) is 113 Å². The highest BCUT2D eigenvalue weighted by Crippen LogP contribution is 2.41. The number of thioether (sulfide) groups is 1. The average Bonchev–Trinajstić information content (AvgIpc) is 3.03. The van der Waals surface area contributed by atoms with E-state index in [0.29, 0.717) is 16.1 Å². The number of fused-ring (bicyclic) bond motifs is 1. The Balaban J connectivity index is 1.64. The van der Waals surface area contributed by atoms with Crippen LogP contribution in [-0.4, -0.2) is 22.7 Å². The molecular formula is C27H31N3OS. The largest absolute Gasteiger partial charge is 0.360 e. The molecule has 2 heterocycles. The zero-order valence-corrected chi connectivity index (χ0v) is 20.7. The molecule has 2 aromatic carbocycles. The van der Waals surface area contributed by atoms with E-state index in [0.717, 1.165) is 11.3 Å². The van der Waals surface area contributed by atoms with Crippen LogP contribution < -0.4 is 10.2 Å². The molecule has 1 amide bonds. The SMILES string of the molecule is CC1=CC(C)(C)N(C(C)C)c2ccc(/C=C3\SC(=Nc4ccc(C)c(C)c4)NC3=O)cc21. The quantitative estimate of drug-likeness (QED) is 0.541. The maximum Gasteiger partial charge on any atom is 0.264 e. The first-order valence-corrected chi connectivity index (χ1v) is 11.9. The Morgan fingerprint density at radius 3 is 2.50 bits per heavy atom. The van der Waals surface area contributed by atoms with Crippen LogP contribution in [0.15, 0.2) is 52.4 Å². The molecule has 0 aromatic heterocycles. The van der Waals surface area contributed by atoms with Crippen molar-refractivity contribution < 1.29 is 4.79 Å². The molecule has 2 aliphatic heterocycles. The zero-order valence-electron chi connectivity index (χ0n) is 19.9. The number of allylic oxidation sites excluding steroid dienone is 1. The predicted molar refractivity (Wildman–Crippen MR) is 139 cm³/mol. The lowest BCUT2D eigenvalue weighted by molar-refractivity contribution is -0.115. The normalized spacial score (nSPS) is 20.1. The van der Waals surface area contributed by atoms with E-state index in [-0.39, 0.29) is 11.4 Å². The Labute approximate surface area is 195 Å². The van der Waals surface area contributed by atoms with E-state index >= 15 is 0 Å². The third-order valence-electron chi connectivity index (χ3n) is 6.08. The van der Waals surface area contributed by atoms with Gasteiger partial charge in [0.1, 0.15) is 0 Å². The van der Waals surface area contributed by atoms with Crippen molar-refractivity contribution in [1.29, 1.82) is 0 Å². The fourth-order valence-corrected chi connectivity index (χ4v) is 5.49. The second-order valence-electron chi connectivity index (χ2n) is 9.47. The van der Waals surface area contributed by atoms with Gasteiger partial charge in [0.05, 0.1) is 16.1 Å². The summed E-state index contributed by atoms with van der Waals surface area (Å²) in [5, 5.41) is 3.51. The molecule has 1 fully saturated rings. The molecule has 0 atom stereocenters. The monoisotopic (exact) mass is 445 g/mol. The minimum Gasteiger partial charge on any atom is -0.360 e. The van der Waals surface area contributed by atoms with Crippen LogP contribution in [0.5, 0.6) is 0 Å². The van der Waals surface area contributed by atoms with Crippen molar-refractivity contribution in [3.63, 3.8) is 0 Å². The third-order valence-corrected chi connectivity index (χ3v) is 6.99. The van der Waals surface area contributed by atoms with E-state index < -0.39 is 0 Å². The molecule has 0 spiro atoms. The van der Waals surface area contributed by atoms with Gasteiger partial charge in [0.2, 0.25) is 0 Å². The Bertz CT molecular complexity index is 1190. The van der Waals surface area contributed by atoms with E-state index in [9.17, 15) is 4.79 Å². The molecule has 0 bridgehead atoms. The number of benzene rings is 2. The molecule has 0 radical (unpaired) electrons. The van der Waals surface area contributed by atoms with Gasteiger partial charge in [0.25, 0.3) is 5.91 Å². The van der Waals surface area contributed by atoms with Crippen LogP contribution in [-0.2, 0) is 4.79 Å². The summed E-state index contributed by atoms with van der Waals surface area (Å²) in [6.45, 7) is 15.3. The van der Waals surface area contributed by atoms with Gasteiger partial charge < -0.3 is 10.2 Å². The molecule has 32 heavy (non-hydrogen) atoms. The van der Waals surface area contributed by atoms with E-state index in [2.05, 4.69) is 94.0 Å². The molecule has 0 unspecified atom stereocenters. The predicted octanol–water partition coefficient (Wildman–Crippen LogP) is 6.61. The molecule has 0 saturated carbocycles. The van der Waals surface area contributed by atoms with Crippen molar-refractivity contribution in [2.45, 2.75) is 60.0 Å². The molecule has 1 N–H and O–H groups in total. The Morgan fingerprint density at radius 1 is 1.06 bits per heavy atom. The number of carbonyl (C=O) groups excluding carboxylic acids is 1. The van der Waals surface area contributed by atoms with Crippen molar-refractivity contribution in [2.75, 3.05) is 4.90 Å². The number of nitrogens with one attached hydrogen (secondary N) is 1. The summed E-state index contributed by atoms with van der Waals surface area (Å²) in [4.78, 5) is 20.3. The highest BCUT2D eigenvalue weighted by atomic mass is 32.2. The van der Waals surface area contributed by atoms with E-state index in [1.165, 1.54) is 39.7 Å². The van der Waals surface area contributed by atoms with Gasteiger partial charge in [0, 0.05) is 17.3 Å². The second-order valence-corrected chi connectivity index (χ2v) is 10.5. The lowest BCUT2D eigenvalue weighted by Gasteiger charge is -2.46. The number of aryl methyl sites for hydroxylation is 2. The number of hydrogen-bond acceptors (Lipinski definition) is 4. The summed E-state index contributed by atoms with van der Waals surface area (Å²) in [5.74, 6) is -0.104. The number of hydrogen-bond donors (Lipinski definition) is 1. The van der Waals surface area contributed by atoms with Gasteiger partial charge in [0.15, 0.2) is 5.17 Å². The molecule has 0 aliphatic carbocycles. The number of rotatable bonds is 3. The van der Waals surface area contributed by atoms with Gasteiger partial charge in [-0.2, -0.15) is 0 Å². The molecule has 166 valence electrons. The van der Waals surface area contributed by atoms with Crippen molar-refractivity contribution in [1.82, 2.24) is 5.32 Å². The van der Waals surface area contributed by atoms with Crippen LogP contribution in [0.25, 0.3) is 11.6 Å². The van der Waals surface area contributed by atoms with Gasteiger partial charge in [-0.1, -0.05) is 18.2 Å².